The zero-order valence-electron chi connectivity index (χ0n) is 14.5. The van der Waals surface area contributed by atoms with Crippen LogP contribution in [0.2, 0.25) is 0 Å². The minimum Gasteiger partial charge on any atom is -0.493 e. The molecule has 0 aliphatic carbocycles. The maximum absolute atomic E-state index is 9.24. The first-order chi connectivity index (χ1) is 10.1. The van der Waals surface area contributed by atoms with Crippen molar-refractivity contribution in [2.24, 2.45) is 5.41 Å². The molecule has 1 N–H and O–H groups in total. The summed E-state index contributed by atoms with van der Waals surface area (Å²) in [5.41, 5.74) is 0.0628. The van der Waals surface area contributed by atoms with Crippen molar-refractivity contribution in [2.75, 3.05) is 13.2 Å². The minimum absolute atomic E-state index is 0.0962. The molecule has 1 aliphatic rings. The van der Waals surface area contributed by atoms with E-state index in [1.165, 1.54) is 0 Å². The Hall–Kier alpha value is -1.04. The van der Waals surface area contributed by atoms with E-state index in [2.05, 4.69) is 0 Å². The Kier molecular flexibility index (Phi) is 4.62. The molecule has 0 unspecified atom stereocenters. The monoisotopic (exact) mass is 306 g/mol. The molecule has 0 amide bonds. The van der Waals surface area contributed by atoms with Crippen molar-refractivity contribution in [2.45, 2.75) is 52.7 Å². The van der Waals surface area contributed by atoms with Gasteiger partial charge >= 0.3 is 7.12 Å². The standard InChI is InChI=1S/C17H27BO4/c1-15(2,11-19)12-20-14-9-7-13(8-10-14)18-21-16(3,4)17(5,6)22-18/h7-10,19H,11-12H2,1-6H3. The van der Waals surface area contributed by atoms with E-state index in [1.54, 1.807) is 0 Å². The lowest BCUT2D eigenvalue weighted by Gasteiger charge is -2.32. The zero-order valence-corrected chi connectivity index (χ0v) is 14.5. The third kappa shape index (κ3) is 3.65. The lowest BCUT2D eigenvalue weighted by Crippen LogP contribution is -2.41. The van der Waals surface area contributed by atoms with Crippen LogP contribution in [0.15, 0.2) is 24.3 Å². The molecule has 0 atom stereocenters. The molecule has 1 heterocycles. The van der Waals surface area contributed by atoms with Crippen LogP contribution in [0.5, 0.6) is 5.75 Å². The summed E-state index contributed by atoms with van der Waals surface area (Å²) in [6.45, 7) is 12.7. The van der Waals surface area contributed by atoms with Crippen LogP contribution in [0.25, 0.3) is 0 Å². The van der Waals surface area contributed by atoms with Crippen LogP contribution < -0.4 is 10.2 Å². The highest BCUT2D eigenvalue weighted by atomic mass is 16.7. The van der Waals surface area contributed by atoms with Gasteiger partial charge in [0.2, 0.25) is 0 Å². The van der Waals surface area contributed by atoms with Gasteiger partial charge in [-0.05, 0) is 45.3 Å². The minimum atomic E-state index is -0.354. The largest absolute Gasteiger partial charge is 0.494 e. The molecule has 1 aromatic rings. The van der Waals surface area contributed by atoms with E-state index in [1.807, 2.05) is 65.8 Å². The first-order valence-electron chi connectivity index (χ1n) is 7.76. The van der Waals surface area contributed by atoms with Crippen LogP contribution >= 0.6 is 0 Å². The Labute approximate surface area is 133 Å². The second-order valence-corrected chi connectivity index (χ2v) is 7.77. The van der Waals surface area contributed by atoms with E-state index in [9.17, 15) is 5.11 Å². The summed E-state index contributed by atoms with van der Waals surface area (Å²) in [6, 6.07) is 7.74. The number of hydrogen-bond donors (Lipinski definition) is 1. The molecule has 0 spiro atoms. The van der Waals surface area contributed by atoms with Crippen LogP contribution in [0.1, 0.15) is 41.5 Å². The quantitative estimate of drug-likeness (QED) is 0.849. The molecule has 22 heavy (non-hydrogen) atoms. The van der Waals surface area contributed by atoms with Gasteiger partial charge < -0.3 is 19.2 Å². The smallest absolute Gasteiger partial charge is 0.493 e. The van der Waals surface area contributed by atoms with Gasteiger partial charge in [-0.2, -0.15) is 0 Å². The van der Waals surface area contributed by atoms with Gasteiger partial charge in [-0.15, -0.1) is 0 Å². The summed E-state index contributed by atoms with van der Waals surface area (Å²) in [6.07, 6.45) is 0. The van der Waals surface area contributed by atoms with Gasteiger partial charge in [0.25, 0.3) is 0 Å². The molecule has 0 radical (unpaired) electrons. The Bertz CT molecular complexity index is 492. The first kappa shape index (κ1) is 17.3. The van der Waals surface area contributed by atoms with E-state index in [4.69, 9.17) is 14.0 Å². The fourth-order valence-electron chi connectivity index (χ4n) is 2.02. The number of benzene rings is 1. The normalized spacial score (nSPS) is 20.2. The average Bonchev–Trinajstić information content (AvgIpc) is 2.66. The summed E-state index contributed by atoms with van der Waals surface area (Å²) >= 11 is 0. The summed E-state index contributed by atoms with van der Waals surface area (Å²) in [7, 11) is -0.354. The van der Waals surface area contributed by atoms with E-state index in [-0.39, 0.29) is 30.3 Å². The van der Waals surface area contributed by atoms with Crippen molar-refractivity contribution in [3.05, 3.63) is 24.3 Å². The highest BCUT2D eigenvalue weighted by Crippen LogP contribution is 2.36. The van der Waals surface area contributed by atoms with E-state index in [0.717, 1.165) is 11.2 Å². The molecule has 0 aromatic heterocycles. The van der Waals surface area contributed by atoms with Crippen LogP contribution in [0.3, 0.4) is 0 Å². The summed E-state index contributed by atoms with van der Waals surface area (Å²) < 4.78 is 17.8. The number of aliphatic hydroxyl groups excluding tert-OH is 1. The topological polar surface area (TPSA) is 47.9 Å². The molecule has 2 rings (SSSR count). The molecule has 1 aliphatic heterocycles. The van der Waals surface area contributed by atoms with Crippen molar-refractivity contribution in [1.29, 1.82) is 0 Å². The van der Waals surface area contributed by atoms with Crippen molar-refractivity contribution in [3.63, 3.8) is 0 Å². The predicted molar refractivity (Wildman–Crippen MR) is 88.5 cm³/mol. The number of aliphatic hydroxyl groups is 1. The van der Waals surface area contributed by atoms with Gasteiger partial charge in [0.1, 0.15) is 5.75 Å². The third-order valence-corrected chi connectivity index (χ3v) is 4.46. The summed E-state index contributed by atoms with van der Waals surface area (Å²) in [4.78, 5) is 0. The molecular weight excluding hydrogens is 279 g/mol. The van der Waals surface area contributed by atoms with Crippen molar-refractivity contribution >= 4 is 12.6 Å². The molecule has 5 heteroatoms. The molecule has 0 saturated carbocycles. The van der Waals surface area contributed by atoms with Crippen molar-refractivity contribution < 1.29 is 19.2 Å². The van der Waals surface area contributed by atoms with Gasteiger partial charge in [0, 0.05) is 5.41 Å². The van der Waals surface area contributed by atoms with Crippen LogP contribution in [-0.2, 0) is 9.31 Å². The SMILES string of the molecule is CC(C)(CO)COc1ccc(B2OC(C)(C)C(C)(C)O2)cc1. The predicted octanol–water partition coefficient (Wildman–Crippen LogP) is 2.38. The van der Waals surface area contributed by atoms with Gasteiger partial charge in [0.15, 0.2) is 0 Å². The number of ether oxygens (including phenoxy) is 1. The maximum Gasteiger partial charge on any atom is 0.494 e. The van der Waals surface area contributed by atoms with Crippen molar-refractivity contribution in [1.82, 2.24) is 0 Å². The fraction of sp³-hybridized carbons (Fsp3) is 0.647. The maximum atomic E-state index is 9.24. The highest BCUT2D eigenvalue weighted by Gasteiger charge is 2.51. The molecular formula is C17H27BO4. The Morgan fingerprint density at radius 1 is 1.05 bits per heavy atom. The first-order valence-corrected chi connectivity index (χ1v) is 7.76. The molecule has 1 saturated heterocycles. The second kappa shape index (κ2) is 5.87. The highest BCUT2D eigenvalue weighted by molar-refractivity contribution is 6.62. The van der Waals surface area contributed by atoms with Crippen molar-refractivity contribution in [3.8, 4) is 5.75 Å². The molecule has 0 bridgehead atoms. The second-order valence-electron chi connectivity index (χ2n) is 7.77. The van der Waals surface area contributed by atoms with Gasteiger partial charge in [-0.1, -0.05) is 26.0 Å². The lowest BCUT2D eigenvalue weighted by atomic mass is 9.79. The molecule has 1 fully saturated rings. The van der Waals surface area contributed by atoms with Gasteiger partial charge in [-0.25, -0.2) is 0 Å². The van der Waals surface area contributed by atoms with E-state index >= 15 is 0 Å². The molecule has 1 aromatic carbocycles. The van der Waals surface area contributed by atoms with Crippen LogP contribution in [0, 0.1) is 5.41 Å². The average molecular weight is 306 g/mol. The Morgan fingerprint density at radius 2 is 1.55 bits per heavy atom. The van der Waals surface area contributed by atoms with E-state index < -0.39 is 0 Å². The fourth-order valence-corrected chi connectivity index (χ4v) is 2.02. The Morgan fingerprint density at radius 3 is 2.00 bits per heavy atom. The number of hydrogen-bond acceptors (Lipinski definition) is 4. The van der Waals surface area contributed by atoms with Crippen LogP contribution in [0.4, 0.5) is 0 Å². The Balaban J connectivity index is 2.01. The third-order valence-electron chi connectivity index (χ3n) is 4.46. The van der Waals surface area contributed by atoms with E-state index in [0.29, 0.717) is 6.61 Å². The summed E-state index contributed by atoms with van der Waals surface area (Å²) in [5, 5.41) is 9.24. The number of rotatable bonds is 5. The lowest BCUT2D eigenvalue weighted by molar-refractivity contribution is 0.00578. The van der Waals surface area contributed by atoms with Gasteiger partial charge in [0.05, 0.1) is 24.4 Å². The van der Waals surface area contributed by atoms with Crippen LogP contribution in [-0.4, -0.2) is 36.6 Å². The van der Waals surface area contributed by atoms with Gasteiger partial charge in [-0.3, -0.25) is 0 Å². The molecule has 4 nitrogen and oxygen atoms in total. The molecule has 122 valence electrons. The zero-order chi connectivity index (χ0) is 16.6. The summed E-state index contributed by atoms with van der Waals surface area (Å²) in [5.74, 6) is 0.779.